The van der Waals surface area contributed by atoms with Crippen molar-refractivity contribution in [3.8, 4) is 17.6 Å². The fraction of sp³-hybridized carbons (Fsp3) is 0.0833. The Balaban J connectivity index is 1.66. The highest BCUT2D eigenvalue weighted by Gasteiger charge is 2.11. The summed E-state index contributed by atoms with van der Waals surface area (Å²) in [5, 5.41) is 9.35. The van der Waals surface area contributed by atoms with Crippen LogP contribution in [0.25, 0.3) is 6.08 Å². The summed E-state index contributed by atoms with van der Waals surface area (Å²) in [7, 11) is 1.63. The van der Waals surface area contributed by atoms with Gasteiger partial charge in [0.25, 0.3) is 0 Å². The topological polar surface area (TPSA) is 59.3 Å². The van der Waals surface area contributed by atoms with Crippen LogP contribution < -0.4 is 9.47 Å². The molecule has 0 atom stereocenters. The van der Waals surface area contributed by atoms with Crippen LogP contribution in [0, 0.1) is 11.3 Å². The van der Waals surface area contributed by atoms with Crippen molar-refractivity contribution in [2.24, 2.45) is 0 Å². The van der Waals surface area contributed by atoms with Crippen LogP contribution in [0.3, 0.4) is 0 Å². The van der Waals surface area contributed by atoms with Gasteiger partial charge >= 0.3 is 0 Å². The molecule has 28 heavy (non-hydrogen) atoms. The SMILES string of the molecule is COc1ccc(COc2ccc(/C=C(\C#N)C(=O)c3ccccc3)cc2)cc1. The summed E-state index contributed by atoms with van der Waals surface area (Å²) in [6.45, 7) is 0.440. The van der Waals surface area contributed by atoms with Crippen molar-refractivity contribution in [1.82, 2.24) is 0 Å². The Morgan fingerprint density at radius 2 is 1.57 bits per heavy atom. The number of hydrogen-bond donors (Lipinski definition) is 0. The van der Waals surface area contributed by atoms with Crippen LogP contribution in [0.15, 0.2) is 84.4 Å². The number of carbonyl (C=O) groups excluding carboxylic acids is 1. The van der Waals surface area contributed by atoms with Gasteiger partial charge in [-0.1, -0.05) is 54.6 Å². The molecule has 0 aliphatic carbocycles. The summed E-state index contributed by atoms with van der Waals surface area (Å²) < 4.78 is 10.9. The van der Waals surface area contributed by atoms with Crippen LogP contribution in [0.2, 0.25) is 0 Å². The Kier molecular flexibility index (Phi) is 6.22. The number of allylic oxidation sites excluding steroid dienone is 1. The lowest BCUT2D eigenvalue weighted by Gasteiger charge is -2.07. The zero-order valence-electron chi connectivity index (χ0n) is 15.5. The Labute approximate surface area is 164 Å². The summed E-state index contributed by atoms with van der Waals surface area (Å²) in [5.74, 6) is 1.22. The van der Waals surface area contributed by atoms with Crippen molar-refractivity contribution < 1.29 is 14.3 Å². The van der Waals surface area contributed by atoms with Gasteiger partial charge in [0.15, 0.2) is 0 Å². The first kappa shape index (κ1) is 18.9. The van der Waals surface area contributed by atoms with Crippen molar-refractivity contribution in [3.63, 3.8) is 0 Å². The van der Waals surface area contributed by atoms with Crippen molar-refractivity contribution in [2.75, 3.05) is 7.11 Å². The summed E-state index contributed by atoms with van der Waals surface area (Å²) in [4.78, 5) is 12.4. The summed E-state index contributed by atoms with van der Waals surface area (Å²) >= 11 is 0. The number of nitriles is 1. The van der Waals surface area contributed by atoms with Gasteiger partial charge < -0.3 is 9.47 Å². The van der Waals surface area contributed by atoms with Gasteiger partial charge in [0.2, 0.25) is 5.78 Å². The Hall–Kier alpha value is -3.84. The molecular weight excluding hydrogens is 350 g/mol. The fourth-order valence-corrected chi connectivity index (χ4v) is 2.61. The highest BCUT2D eigenvalue weighted by Crippen LogP contribution is 2.18. The van der Waals surface area contributed by atoms with E-state index in [9.17, 15) is 10.1 Å². The minimum absolute atomic E-state index is 0.0955. The van der Waals surface area contributed by atoms with Crippen molar-refractivity contribution in [1.29, 1.82) is 5.26 Å². The van der Waals surface area contributed by atoms with Gasteiger partial charge in [-0.15, -0.1) is 0 Å². The summed E-state index contributed by atoms with van der Waals surface area (Å²) in [6, 6.07) is 25.7. The highest BCUT2D eigenvalue weighted by atomic mass is 16.5. The monoisotopic (exact) mass is 369 g/mol. The van der Waals surface area contributed by atoms with E-state index in [-0.39, 0.29) is 11.4 Å². The number of ketones is 1. The molecule has 4 heteroatoms. The van der Waals surface area contributed by atoms with E-state index in [0.29, 0.717) is 17.9 Å². The maximum Gasteiger partial charge on any atom is 0.203 e. The molecular formula is C24H19NO3. The maximum atomic E-state index is 12.4. The van der Waals surface area contributed by atoms with Gasteiger partial charge in [-0.2, -0.15) is 5.26 Å². The van der Waals surface area contributed by atoms with Crippen LogP contribution in [0.5, 0.6) is 11.5 Å². The Morgan fingerprint density at radius 1 is 0.929 bits per heavy atom. The Bertz CT molecular complexity index is 998. The van der Waals surface area contributed by atoms with Crippen LogP contribution >= 0.6 is 0 Å². The van der Waals surface area contributed by atoms with E-state index in [0.717, 1.165) is 16.9 Å². The average molecular weight is 369 g/mol. The molecule has 4 nitrogen and oxygen atoms in total. The van der Waals surface area contributed by atoms with E-state index < -0.39 is 0 Å². The van der Waals surface area contributed by atoms with Gasteiger partial charge in [-0.3, -0.25) is 4.79 Å². The minimum atomic E-state index is -0.289. The van der Waals surface area contributed by atoms with Gasteiger partial charge in [0.05, 0.1) is 7.11 Å². The fourth-order valence-electron chi connectivity index (χ4n) is 2.61. The van der Waals surface area contributed by atoms with Gasteiger partial charge in [-0.25, -0.2) is 0 Å². The quantitative estimate of drug-likeness (QED) is 0.332. The predicted molar refractivity (Wildman–Crippen MR) is 108 cm³/mol. The molecule has 0 heterocycles. The lowest BCUT2D eigenvalue weighted by atomic mass is 10.0. The van der Waals surface area contributed by atoms with Crippen LogP contribution in [0.4, 0.5) is 0 Å². The zero-order valence-corrected chi connectivity index (χ0v) is 15.5. The number of benzene rings is 3. The van der Waals surface area contributed by atoms with Crippen molar-refractivity contribution >= 4 is 11.9 Å². The number of nitrogens with zero attached hydrogens (tertiary/aromatic N) is 1. The molecule has 3 rings (SSSR count). The summed E-state index contributed by atoms with van der Waals surface area (Å²) in [6.07, 6.45) is 1.59. The van der Waals surface area contributed by atoms with Crippen LogP contribution in [-0.2, 0) is 6.61 Å². The smallest absolute Gasteiger partial charge is 0.203 e. The largest absolute Gasteiger partial charge is 0.497 e. The molecule has 0 unspecified atom stereocenters. The second-order valence-corrected chi connectivity index (χ2v) is 6.07. The molecule has 0 bridgehead atoms. The zero-order chi connectivity index (χ0) is 19.8. The molecule has 3 aromatic rings. The second kappa shape index (κ2) is 9.20. The van der Waals surface area contributed by atoms with E-state index in [1.807, 2.05) is 60.7 Å². The maximum absolute atomic E-state index is 12.4. The molecule has 138 valence electrons. The molecule has 0 aliphatic heterocycles. The average Bonchev–Trinajstić information content (AvgIpc) is 2.77. The molecule has 0 fully saturated rings. The van der Waals surface area contributed by atoms with Crippen LogP contribution in [0.1, 0.15) is 21.5 Å². The number of Topliss-reactive ketones (excluding diaryl/α,β-unsaturated/α-hetero) is 1. The number of ether oxygens (including phenoxy) is 2. The molecule has 0 radical (unpaired) electrons. The first-order valence-corrected chi connectivity index (χ1v) is 8.77. The molecule has 0 aromatic heterocycles. The van der Waals surface area contributed by atoms with E-state index in [1.165, 1.54) is 0 Å². The molecule has 0 amide bonds. The first-order valence-electron chi connectivity index (χ1n) is 8.77. The number of hydrogen-bond acceptors (Lipinski definition) is 4. The third kappa shape index (κ3) is 4.87. The normalized spacial score (nSPS) is 10.8. The highest BCUT2D eigenvalue weighted by molar-refractivity contribution is 6.14. The van der Waals surface area contributed by atoms with Gasteiger partial charge in [0, 0.05) is 5.56 Å². The van der Waals surface area contributed by atoms with Crippen molar-refractivity contribution in [2.45, 2.75) is 6.61 Å². The second-order valence-electron chi connectivity index (χ2n) is 6.07. The third-order valence-corrected chi connectivity index (χ3v) is 4.16. The molecule has 0 saturated carbocycles. The number of carbonyl (C=O) groups is 1. The molecule has 3 aromatic carbocycles. The lowest BCUT2D eigenvalue weighted by Crippen LogP contribution is -2.01. The Morgan fingerprint density at radius 3 is 2.18 bits per heavy atom. The van der Waals surface area contributed by atoms with E-state index in [1.54, 1.807) is 37.5 Å². The minimum Gasteiger partial charge on any atom is -0.497 e. The number of methoxy groups -OCH3 is 1. The molecule has 0 N–H and O–H groups in total. The molecule has 0 saturated heterocycles. The van der Waals surface area contributed by atoms with Crippen molar-refractivity contribution in [3.05, 3.63) is 101 Å². The predicted octanol–water partition coefficient (Wildman–Crippen LogP) is 5.06. The third-order valence-electron chi connectivity index (χ3n) is 4.16. The first-order chi connectivity index (χ1) is 13.7. The molecule has 0 spiro atoms. The lowest BCUT2D eigenvalue weighted by molar-refractivity contribution is 0.104. The standard InChI is InChI=1S/C24H19NO3/c1-27-22-11-9-19(10-12-22)17-28-23-13-7-18(8-14-23)15-21(16-25)24(26)20-5-3-2-4-6-20/h2-15H,17H2,1H3/b21-15+. The van der Waals surface area contributed by atoms with E-state index in [4.69, 9.17) is 9.47 Å². The van der Waals surface area contributed by atoms with E-state index >= 15 is 0 Å². The number of rotatable bonds is 7. The van der Waals surface area contributed by atoms with Gasteiger partial charge in [-0.05, 0) is 41.5 Å². The molecule has 0 aliphatic rings. The summed E-state index contributed by atoms with van der Waals surface area (Å²) in [5.41, 5.74) is 2.38. The van der Waals surface area contributed by atoms with Crippen LogP contribution in [-0.4, -0.2) is 12.9 Å². The van der Waals surface area contributed by atoms with E-state index in [2.05, 4.69) is 0 Å². The van der Waals surface area contributed by atoms with Gasteiger partial charge in [0.1, 0.15) is 29.7 Å².